The van der Waals surface area contributed by atoms with Gasteiger partial charge in [-0.05, 0) is 36.4 Å². The molecule has 2 heterocycles. The number of rotatable bonds is 4. The van der Waals surface area contributed by atoms with Gasteiger partial charge in [-0.25, -0.2) is 18.4 Å². The van der Waals surface area contributed by atoms with E-state index >= 15 is 0 Å². The van der Waals surface area contributed by atoms with Crippen molar-refractivity contribution in [2.45, 2.75) is 17.2 Å². The maximum Gasteiger partial charge on any atom is 0.433 e. The van der Waals surface area contributed by atoms with Crippen molar-refractivity contribution in [3.05, 3.63) is 84.2 Å². The van der Waals surface area contributed by atoms with Gasteiger partial charge >= 0.3 is 12.4 Å². The van der Waals surface area contributed by atoms with Crippen LogP contribution in [0, 0.1) is 0 Å². The van der Waals surface area contributed by atoms with Crippen LogP contribution in [-0.4, -0.2) is 23.4 Å². The molecule has 0 aliphatic carbocycles. The van der Waals surface area contributed by atoms with Crippen molar-refractivity contribution in [2.75, 3.05) is 0 Å². The monoisotopic (exact) mass is 543 g/mol. The first-order valence-electron chi connectivity index (χ1n) is 9.88. The highest BCUT2D eigenvalue weighted by Crippen LogP contribution is 2.35. The van der Waals surface area contributed by atoms with Gasteiger partial charge in [0.25, 0.3) is 9.05 Å². The third kappa shape index (κ3) is 5.49. The Morgan fingerprint density at radius 2 is 1.39 bits per heavy atom. The molecule has 186 valence electrons. The molecule has 0 atom stereocenters. The summed E-state index contributed by atoms with van der Waals surface area (Å²) in [5.41, 5.74) is -2.31. The van der Waals surface area contributed by atoms with Crippen LogP contribution in [0.1, 0.15) is 11.3 Å². The van der Waals surface area contributed by atoms with Crippen molar-refractivity contribution >= 4 is 19.7 Å². The van der Waals surface area contributed by atoms with Gasteiger partial charge in [-0.2, -0.15) is 26.3 Å². The molecule has 0 fully saturated rings. The molecule has 0 unspecified atom stereocenters. The predicted octanol–water partition coefficient (Wildman–Crippen LogP) is 6.84. The maximum atomic E-state index is 13.6. The highest BCUT2D eigenvalue weighted by Gasteiger charge is 2.34. The van der Waals surface area contributed by atoms with Crippen LogP contribution in [0.5, 0.6) is 0 Å². The van der Waals surface area contributed by atoms with Crippen LogP contribution in [0.15, 0.2) is 77.8 Å². The van der Waals surface area contributed by atoms with E-state index in [0.717, 1.165) is 24.3 Å². The van der Waals surface area contributed by atoms with Gasteiger partial charge in [-0.1, -0.05) is 30.3 Å². The van der Waals surface area contributed by atoms with Crippen molar-refractivity contribution < 1.29 is 34.8 Å². The van der Waals surface area contributed by atoms with E-state index in [-0.39, 0.29) is 33.0 Å². The zero-order chi connectivity index (χ0) is 26.3. The number of nitrogens with zero attached hydrogens (tertiary/aromatic N) is 3. The van der Waals surface area contributed by atoms with E-state index in [9.17, 15) is 34.8 Å². The lowest BCUT2D eigenvalue weighted by molar-refractivity contribution is -0.141. The smallest absolute Gasteiger partial charge is 0.256 e. The Hall–Kier alpha value is -3.51. The molecule has 0 N–H and O–H groups in total. The molecule has 36 heavy (non-hydrogen) atoms. The molecular weight excluding hydrogens is 532 g/mol. The second-order valence-corrected chi connectivity index (χ2v) is 9.93. The van der Waals surface area contributed by atoms with Crippen LogP contribution in [0.2, 0.25) is 0 Å². The number of benzene rings is 2. The summed E-state index contributed by atoms with van der Waals surface area (Å²) in [6.45, 7) is 0. The summed E-state index contributed by atoms with van der Waals surface area (Å²) in [6.07, 6.45) is -8.27. The first kappa shape index (κ1) is 25.6. The standard InChI is InChI=1S/C23H12ClF6N3O2S/c24-36(34,35)19-4-2-1-3-16(19)18-11-14(9-10-31-18)21-32-17(12-20(33-21)23(28,29)30)13-5-7-15(8-6-13)22(25,26)27/h1-12H. The number of alkyl halides is 6. The minimum atomic E-state index is -4.88. The van der Waals surface area contributed by atoms with Crippen molar-refractivity contribution in [1.29, 1.82) is 0 Å². The fraction of sp³-hybridized carbons (Fsp3) is 0.0870. The molecular formula is C23H12ClF6N3O2S. The van der Waals surface area contributed by atoms with Crippen molar-refractivity contribution in [1.82, 2.24) is 15.0 Å². The number of aromatic nitrogens is 3. The Balaban J connectivity index is 1.86. The van der Waals surface area contributed by atoms with Crippen LogP contribution >= 0.6 is 10.7 Å². The molecule has 4 rings (SSSR count). The molecule has 0 saturated carbocycles. The third-order valence-corrected chi connectivity index (χ3v) is 6.35. The predicted molar refractivity (Wildman–Crippen MR) is 119 cm³/mol. The van der Waals surface area contributed by atoms with Gasteiger partial charge in [-0.15, -0.1) is 0 Å². The van der Waals surface area contributed by atoms with E-state index in [4.69, 9.17) is 10.7 Å². The minimum absolute atomic E-state index is 0.00464. The average Bonchev–Trinajstić information content (AvgIpc) is 2.82. The lowest BCUT2D eigenvalue weighted by atomic mass is 10.1. The molecule has 13 heteroatoms. The van der Waals surface area contributed by atoms with Crippen molar-refractivity contribution in [3.63, 3.8) is 0 Å². The van der Waals surface area contributed by atoms with E-state index in [1.807, 2.05) is 0 Å². The van der Waals surface area contributed by atoms with E-state index in [2.05, 4.69) is 15.0 Å². The average molecular weight is 544 g/mol. The molecule has 2 aromatic heterocycles. The van der Waals surface area contributed by atoms with Gasteiger partial charge in [0.15, 0.2) is 5.82 Å². The second kappa shape index (κ2) is 9.17. The summed E-state index contributed by atoms with van der Waals surface area (Å²) in [4.78, 5) is 11.5. The van der Waals surface area contributed by atoms with Gasteiger partial charge in [-0.3, -0.25) is 4.98 Å². The highest BCUT2D eigenvalue weighted by molar-refractivity contribution is 8.13. The van der Waals surface area contributed by atoms with Gasteiger partial charge < -0.3 is 0 Å². The molecule has 0 bridgehead atoms. The summed E-state index contributed by atoms with van der Waals surface area (Å²) >= 11 is 0. The SMILES string of the molecule is O=S(=O)(Cl)c1ccccc1-c1cc(-c2nc(-c3ccc(C(F)(F)F)cc3)cc(C(F)(F)F)n2)ccn1. The topological polar surface area (TPSA) is 72.8 Å². The molecule has 4 aromatic rings. The Morgan fingerprint density at radius 1 is 0.722 bits per heavy atom. The summed E-state index contributed by atoms with van der Waals surface area (Å²) in [7, 11) is 1.32. The minimum Gasteiger partial charge on any atom is -0.256 e. The van der Waals surface area contributed by atoms with Crippen LogP contribution in [0.4, 0.5) is 26.3 Å². The normalized spacial score (nSPS) is 12.5. The fourth-order valence-corrected chi connectivity index (χ4v) is 4.39. The lowest BCUT2D eigenvalue weighted by Gasteiger charge is -2.13. The van der Waals surface area contributed by atoms with E-state index < -0.39 is 38.5 Å². The number of hydrogen-bond donors (Lipinski definition) is 0. The Bertz CT molecular complexity index is 1540. The molecule has 2 aromatic carbocycles. The first-order valence-corrected chi connectivity index (χ1v) is 12.2. The molecule has 0 saturated heterocycles. The molecule has 0 radical (unpaired) electrons. The number of hydrogen-bond acceptors (Lipinski definition) is 5. The van der Waals surface area contributed by atoms with Crippen molar-refractivity contribution in [3.8, 4) is 33.9 Å². The molecule has 0 aliphatic rings. The van der Waals surface area contributed by atoms with Crippen molar-refractivity contribution in [2.24, 2.45) is 0 Å². The number of halogens is 7. The Morgan fingerprint density at radius 3 is 2.00 bits per heavy atom. The highest BCUT2D eigenvalue weighted by atomic mass is 35.7. The largest absolute Gasteiger partial charge is 0.433 e. The van der Waals surface area contributed by atoms with E-state index in [0.29, 0.717) is 6.07 Å². The summed E-state index contributed by atoms with van der Waals surface area (Å²) in [6, 6.07) is 12.3. The van der Waals surface area contributed by atoms with Gasteiger partial charge in [0.05, 0.1) is 21.8 Å². The van der Waals surface area contributed by atoms with Crippen LogP contribution in [-0.2, 0) is 21.4 Å². The first-order chi connectivity index (χ1) is 16.7. The summed E-state index contributed by atoms with van der Waals surface area (Å²) in [5, 5.41) is 0. The van der Waals surface area contributed by atoms with Crippen LogP contribution < -0.4 is 0 Å². The van der Waals surface area contributed by atoms with Crippen LogP contribution in [0.3, 0.4) is 0 Å². The quantitative estimate of drug-likeness (QED) is 0.208. The molecule has 0 spiro atoms. The lowest BCUT2D eigenvalue weighted by Crippen LogP contribution is -2.10. The maximum absolute atomic E-state index is 13.6. The van der Waals surface area contributed by atoms with Gasteiger partial charge in [0.1, 0.15) is 5.69 Å². The van der Waals surface area contributed by atoms with Crippen LogP contribution in [0.25, 0.3) is 33.9 Å². The Labute approximate surface area is 204 Å². The summed E-state index contributed by atoms with van der Waals surface area (Å²) < 4.78 is 103. The zero-order valence-electron chi connectivity index (χ0n) is 17.6. The number of pyridine rings is 1. The van der Waals surface area contributed by atoms with Gasteiger partial charge in [0.2, 0.25) is 0 Å². The van der Waals surface area contributed by atoms with E-state index in [1.54, 1.807) is 0 Å². The molecule has 0 amide bonds. The van der Waals surface area contributed by atoms with Gasteiger partial charge in [0, 0.05) is 33.6 Å². The third-order valence-electron chi connectivity index (χ3n) is 4.97. The van der Waals surface area contributed by atoms with E-state index in [1.165, 1.54) is 42.6 Å². The molecule has 0 aliphatic heterocycles. The Kier molecular flexibility index (Phi) is 6.52. The zero-order valence-corrected chi connectivity index (χ0v) is 19.2. The fourth-order valence-electron chi connectivity index (χ4n) is 3.31. The summed E-state index contributed by atoms with van der Waals surface area (Å²) in [5.74, 6) is -0.394. The second-order valence-electron chi connectivity index (χ2n) is 7.40. The molecule has 5 nitrogen and oxygen atoms in total.